The van der Waals surface area contributed by atoms with Crippen LogP contribution in [-0.4, -0.2) is 47.4 Å². The number of fused-ring (bicyclic) bond motifs is 1. The van der Waals surface area contributed by atoms with E-state index in [1.807, 2.05) is 13.8 Å². The minimum Gasteiger partial charge on any atom is -0.365 e. The second-order valence-corrected chi connectivity index (χ2v) is 8.61. The fourth-order valence-corrected chi connectivity index (χ4v) is 3.73. The van der Waals surface area contributed by atoms with Crippen LogP contribution in [0.4, 0.5) is 31.9 Å². The van der Waals surface area contributed by atoms with Crippen LogP contribution in [0.2, 0.25) is 0 Å². The van der Waals surface area contributed by atoms with Crippen molar-refractivity contribution in [3.63, 3.8) is 0 Å². The molecule has 0 aliphatic rings. The number of nitrogens with one attached hydrogen (secondary N) is 2. The highest BCUT2D eigenvalue weighted by molar-refractivity contribution is 5.99. The largest absolute Gasteiger partial charge is 0.365 e. The van der Waals surface area contributed by atoms with Crippen molar-refractivity contribution >= 4 is 40.0 Å². The number of aryl methyl sites for hydroxylation is 1. The molecule has 1 amide bonds. The van der Waals surface area contributed by atoms with Gasteiger partial charge in [-0.3, -0.25) is 9.48 Å². The molecule has 1 aromatic carbocycles. The van der Waals surface area contributed by atoms with Gasteiger partial charge in [0.05, 0.1) is 5.56 Å². The van der Waals surface area contributed by atoms with Gasteiger partial charge in [-0.2, -0.15) is 5.10 Å². The van der Waals surface area contributed by atoms with Crippen LogP contribution in [0.5, 0.6) is 0 Å². The standard InChI is InChI=1S/C22H30F2N8O/c1-11(2)6-13(10-25)28-21-17(24)9-15(19(26)33)20(29-21)27-12-7-14-18(16(23)8-12)32(5)30-22(14)31(3)4/h7-9,11,13H,6,10,25H2,1-5H3,(H2,26,33)(H2,27,28,29). The van der Waals surface area contributed by atoms with E-state index in [9.17, 15) is 13.6 Å². The highest BCUT2D eigenvalue weighted by atomic mass is 19.1. The molecule has 9 nitrogen and oxygen atoms in total. The number of carbonyl (C=O) groups excluding carboxylic acids is 1. The third kappa shape index (κ3) is 5.14. The summed E-state index contributed by atoms with van der Waals surface area (Å²) < 4.78 is 31.1. The first-order valence-electron chi connectivity index (χ1n) is 10.6. The molecule has 3 rings (SSSR count). The van der Waals surface area contributed by atoms with Crippen LogP contribution in [0, 0.1) is 17.6 Å². The number of aromatic nitrogens is 3. The Morgan fingerprint density at radius 3 is 2.45 bits per heavy atom. The van der Waals surface area contributed by atoms with Crippen molar-refractivity contribution in [2.75, 3.05) is 36.2 Å². The molecule has 0 bridgehead atoms. The number of amides is 1. The quantitative estimate of drug-likeness (QED) is 0.387. The molecule has 0 saturated heterocycles. The van der Waals surface area contributed by atoms with Gasteiger partial charge >= 0.3 is 0 Å². The lowest BCUT2D eigenvalue weighted by atomic mass is 10.0. The van der Waals surface area contributed by atoms with Gasteiger partial charge in [-0.25, -0.2) is 13.8 Å². The van der Waals surface area contributed by atoms with Gasteiger partial charge in [-0.15, -0.1) is 0 Å². The molecule has 33 heavy (non-hydrogen) atoms. The third-order valence-electron chi connectivity index (χ3n) is 5.18. The van der Waals surface area contributed by atoms with Gasteiger partial charge in [0.25, 0.3) is 5.91 Å². The van der Waals surface area contributed by atoms with Gasteiger partial charge in [0.15, 0.2) is 23.3 Å². The molecule has 3 aromatic rings. The highest BCUT2D eigenvalue weighted by Gasteiger charge is 2.20. The lowest BCUT2D eigenvalue weighted by molar-refractivity contribution is 0.100. The Morgan fingerprint density at radius 1 is 1.18 bits per heavy atom. The topological polar surface area (TPSA) is 127 Å². The Morgan fingerprint density at radius 2 is 1.88 bits per heavy atom. The number of hydrogen-bond donors (Lipinski definition) is 4. The summed E-state index contributed by atoms with van der Waals surface area (Å²) in [5.74, 6) is -1.29. The summed E-state index contributed by atoms with van der Waals surface area (Å²) in [5.41, 5.74) is 11.7. The third-order valence-corrected chi connectivity index (χ3v) is 5.18. The summed E-state index contributed by atoms with van der Waals surface area (Å²) >= 11 is 0. The number of anilines is 4. The van der Waals surface area contributed by atoms with Crippen molar-refractivity contribution in [2.24, 2.45) is 24.4 Å². The number of nitrogens with two attached hydrogens (primary N) is 2. The Kier molecular flexibility index (Phi) is 7.01. The number of rotatable bonds is 9. The minimum atomic E-state index is -0.870. The number of carbonyl (C=O) groups is 1. The molecular formula is C22H30F2N8O. The van der Waals surface area contributed by atoms with Crippen LogP contribution >= 0.6 is 0 Å². The molecule has 178 valence electrons. The number of benzene rings is 1. The molecule has 2 aromatic heterocycles. The van der Waals surface area contributed by atoms with Gasteiger partial charge in [-0.1, -0.05) is 13.8 Å². The molecule has 0 saturated carbocycles. The van der Waals surface area contributed by atoms with Crippen molar-refractivity contribution in [1.82, 2.24) is 14.8 Å². The molecule has 1 atom stereocenters. The van der Waals surface area contributed by atoms with Crippen LogP contribution in [0.25, 0.3) is 10.9 Å². The predicted octanol–water partition coefficient (Wildman–Crippen LogP) is 2.94. The SMILES string of the molecule is CC(C)CC(CN)Nc1nc(Nc2cc(F)c3c(c2)c(N(C)C)nn3C)c(C(N)=O)cc1F. The van der Waals surface area contributed by atoms with Crippen LogP contribution in [-0.2, 0) is 7.05 Å². The molecule has 0 spiro atoms. The van der Waals surface area contributed by atoms with E-state index in [1.165, 1.54) is 10.7 Å². The Labute approximate surface area is 191 Å². The van der Waals surface area contributed by atoms with Crippen molar-refractivity contribution < 1.29 is 13.6 Å². The van der Waals surface area contributed by atoms with E-state index in [0.717, 1.165) is 6.07 Å². The number of nitrogens with zero attached hydrogens (tertiary/aromatic N) is 4. The zero-order chi connectivity index (χ0) is 24.4. The first-order valence-corrected chi connectivity index (χ1v) is 10.6. The highest BCUT2D eigenvalue weighted by Crippen LogP contribution is 2.32. The van der Waals surface area contributed by atoms with Crippen molar-refractivity contribution in [1.29, 1.82) is 0 Å². The van der Waals surface area contributed by atoms with Crippen molar-refractivity contribution in [3.8, 4) is 0 Å². The molecule has 0 radical (unpaired) electrons. The smallest absolute Gasteiger partial charge is 0.252 e. The van der Waals surface area contributed by atoms with Gasteiger partial charge in [0, 0.05) is 44.8 Å². The fraction of sp³-hybridized carbons (Fsp3) is 0.409. The summed E-state index contributed by atoms with van der Waals surface area (Å²) in [6.07, 6.45) is 0.703. The summed E-state index contributed by atoms with van der Waals surface area (Å²) in [5, 5.41) is 10.8. The predicted molar refractivity (Wildman–Crippen MR) is 127 cm³/mol. The first kappa shape index (κ1) is 24.2. The summed E-state index contributed by atoms with van der Waals surface area (Å²) in [7, 11) is 5.26. The second kappa shape index (κ2) is 9.57. The average Bonchev–Trinajstić information content (AvgIpc) is 3.06. The van der Waals surface area contributed by atoms with Crippen molar-refractivity contribution in [3.05, 3.63) is 35.4 Å². The van der Waals surface area contributed by atoms with E-state index in [-0.39, 0.29) is 29.8 Å². The summed E-state index contributed by atoms with van der Waals surface area (Å²) in [6, 6.07) is 3.73. The van der Waals surface area contributed by atoms with Gasteiger partial charge in [0.2, 0.25) is 0 Å². The summed E-state index contributed by atoms with van der Waals surface area (Å²) in [6.45, 7) is 4.33. The Balaban J connectivity index is 2.05. The number of pyridine rings is 1. The monoisotopic (exact) mass is 460 g/mol. The zero-order valence-corrected chi connectivity index (χ0v) is 19.4. The van der Waals surface area contributed by atoms with Crippen LogP contribution < -0.4 is 27.0 Å². The molecule has 0 aliphatic heterocycles. The molecular weight excluding hydrogens is 430 g/mol. The molecule has 0 fully saturated rings. The van der Waals surface area contributed by atoms with Crippen LogP contribution in [0.15, 0.2) is 18.2 Å². The molecule has 2 heterocycles. The second-order valence-electron chi connectivity index (χ2n) is 8.61. The summed E-state index contributed by atoms with van der Waals surface area (Å²) in [4.78, 5) is 18.0. The maximum Gasteiger partial charge on any atom is 0.252 e. The average molecular weight is 461 g/mol. The van der Waals surface area contributed by atoms with Gasteiger partial charge in [0.1, 0.15) is 11.3 Å². The van der Waals surface area contributed by atoms with E-state index in [2.05, 4.69) is 20.7 Å². The number of hydrogen-bond acceptors (Lipinski definition) is 7. The van der Waals surface area contributed by atoms with E-state index in [0.29, 0.717) is 34.7 Å². The maximum absolute atomic E-state index is 14.9. The Hall–Kier alpha value is -3.47. The normalized spacial score (nSPS) is 12.3. The molecule has 0 aliphatic carbocycles. The lowest BCUT2D eigenvalue weighted by Gasteiger charge is -2.21. The minimum absolute atomic E-state index is 0.000705. The van der Waals surface area contributed by atoms with E-state index in [4.69, 9.17) is 11.5 Å². The molecule has 6 N–H and O–H groups in total. The van der Waals surface area contributed by atoms with E-state index in [1.54, 1.807) is 32.1 Å². The van der Waals surface area contributed by atoms with E-state index >= 15 is 0 Å². The fourth-order valence-electron chi connectivity index (χ4n) is 3.73. The maximum atomic E-state index is 14.9. The number of primary amides is 1. The molecule has 1 unspecified atom stereocenters. The van der Waals surface area contributed by atoms with Crippen LogP contribution in [0.3, 0.4) is 0 Å². The Bertz CT molecular complexity index is 1180. The van der Waals surface area contributed by atoms with E-state index < -0.39 is 17.5 Å². The zero-order valence-electron chi connectivity index (χ0n) is 19.4. The van der Waals surface area contributed by atoms with Gasteiger partial charge < -0.3 is 27.0 Å². The van der Waals surface area contributed by atoms with Crippen LogP contribution in [0.1, 0.15) is 30.6 Å². The number of halogens is 2. The first-order chi connectivity index (χ1) is 15.5. The lowest BCUT2D eigenvalue weighted by Crippen LogP contribution is -2.31. The van der Waals surface area contributed by atoms with Crippen molar-refractivity contribution in [2.45, 2.75) is 26.3 Å². The molecule has 11 heteroatoms. The van der Waals surface area contributed by atoms with Gasteiger partial charge in [-0.05, 0) is 30.5 Å².